The highest BCUT2D eigenvalue weighted by Gasteiger charge is 1.97. The van der Waals surface area contributed by atoms with E-state index in [-0.39, 0.29) is 18.4 Å². The van der Waals surface area contributed by atoms with Gasteiger partial charge in [-0.3, -0.25) is 10.7 Å². The number of nitrogens with zero attached hydrogens (tertiary/aromatic N) is 1. The van der Waals surface area contributed by atoms with E-state index in [2.05, 4.69) is 15.6 Å². The van der Waals surface area contributed by atoms with Gasteiger partial charge in [0.1, 0.15) is 0 Å². The maximum atomic E-state index is 7.33. The predicted molar refractivity (Wildman–Crippen MR) is 98.5 cm³/mol. The van der Waals surface area contributed by atoms with Crippen LogP contribution < -0.4 is 16.4 Å². The molecule has 0 amide bonds. The Bertz CT molecular complexity index is 653. The molecular formula is C17H20ClN5. The summed E-state index contributed by atoms with van der Waals surface area (Å²) in [4.78, 5) is 4.39. The molecule has 0 radical (unpaired) electrons. The van der Waals surface area contributed by atoms with Gasteiger partial charge in [-0.15, -0.1) is 12.4 Å². The van der Waals surface area contributed by atoms with Gasteiger partial charge in [0.15, 0.2) is 5.96 Å². The number of aliphatic imine (C=N–C) groups is 1. The monoisotopic (exact) mass is 329 g/mol. The lowest BCUT2D eigenvalue weighted by atomic mass is 10.2. The maximum Gasteiger partial charge on any atom is 0.202 e. The number of benzene rings is 2. The Morgan fingerprint density at radius 2 is 1.65 bits per heavy atom. The number of hydrogen-bond donors (Lipinski definition) is 4. The molecule has 2 aromatic carbocycles. The minimum absolute atomic E-state index is 0. The fourth-order valence-electron chi connectivity index (χ4n) is 1.78. The van der Waals surface area contributed by atoms with Crippen LogP contribution in [0.15, 0.2) is 71.9 Å². The normalized spacial score (nSPS) is 10.9. The molecule has 0 unspecified atom stereocenters. The zero-order chi connectivity index (χ0) is 15.6. The summed E-state index contributed by atoms with van der Waals surface area (Å²) in [5.41, 5.74) is 7.52. The summed E-state index contributed by atoms with van der Waals surface area (Å²) >= 11 is 0. The first-order valence-corrected chi connectivity index (χ1v) is 6.91. The number of hydrogen-bond acceptors (Lipinski definition) is 2. The number of halogens is 1. The van der Waals surface area contributed by atoms with Crippen LogP contribution in [-0.2, 0) is 6.54 Å². The summed E-state index contributed by atoms with van der Waals surface area (Å²) in [7, 11) is 0. The molecule has 0 atom stereocenters. The Morgan fingerprint density at radius 1 is 1.04 bits per heavy atom. The summed E-state index contributed by atoms with van der Waals surface area (Å²) in [5.74, 6) is 0.274. The molecule has 0 saturated carbocycles. The highest BCUT2D eigenvalue weighted by atomic mass is 35.5. The third-order valence-corrected chi connectivity index (χ3v) is 2.81. The van der Waals surface area contributed by atoms with Crippen LogP contribution in [0.25, 0.3) is 6.08 Å². The molecule has 0 spiro atoms. The van der Waals surface area contributed by atoms with Gasteiger partial charge in [-0.2, -0.15) is 0 Å². The van der Waals surface area contributed by atoms with Gasteiger partial charge in [0.25, 0.3) is 0 Å². The van der Waals surface area contributed by atoms with Gasteiger partial charge in [-0.05, 0) is 17.2 Å². The first-order chi connectivity index (χ1) is 10.7. The van der Waals surface area contributed by atoms with Crippen molar-refractivity contribution in [2.24, 2.45) is 10.7 Å². The van der Waals surface area contributed by atoms with Crippen molar-refractivity contribution in [2.75, 3.05) is 0 Å². The molecule has 0 saturated heterocycles. The van der Waals surface area contributed by atoms with E-state index in [4.69, 9.17) is 11.1 Å². The predicted octanol–water partition coefficient (Wildman–Crippen LogP) is 2.71. The van der Waals surface area contributed by atoms with E-state index in [1.807, 2.05) is 66.7 Å². The number of rotatable bonds is 4. The average molecular weight is 330 g/mol. The van der Waals surface area contributed by atoms with Gasteiger partial charge in [-0.1, -0.05) is 60.7 Å². The molecule has 0 aliphatic rings. The van der Waals surface area contributed by atoms with Crippen molar-refractivity contribution in [3.8, 4) is 0 Å². The molecule has 5 nitrogen and oxygen atoms in total. The lowest BCUT2D eigenvalue weighted by Crippen LogP contribution is -2.42. The molecule has 0 aliphatic carbocycles. The van der Waals surface area contributed by atoms with E-state index in [0.717, 1.165) is 11.1 Å². The molecule has 2 aromatic rings. The topological polar surface area (TPSA) is 86.3 Å². The van der Waals surface area contributed by atoms with Crippen molar-refractivity contribution in [3.63, 3.8) is 0 Å². The van der Waals surface area contributed by atoms with Crippen LogP contribution in [0.5, 0.6) is 0 Å². The van der Waals surface area contributed by atoms with Crippen molar-refractivity contribution >= 4 is 30.4 Å². The number of nitrogens with two attached hydrogens (primary N) is 1. The van der Waals surface area contributed by atoms with Crippen LogP contribution >= 0.6 is 12.4 Å². The highest BCUT2D eigenvalue weighted by Crippen LogP contribution is 2.01. The minimum Gasteiger partial charge on any atom is -0.370 e. The van der Waals surface area contributed by atoms with Gasteiger partial charge in [-0.25, -0.2) is 4.99 Å². The van der Waals surface area contributed by atoms with E-state index in [1.54, 1.807) is 6.20 Å². The third kappa shape index (κ3) is 7.15. The van der Waals surface area contributed by atoms with E-state index < -0.39 is 0 Å². The molecular weight excluding hydrogens is 310 g/mol. The summed E-state index contributed by atoms with van der Waals surface area (Å²) in [5, 5.41) is 13.0. The zero-order valence-electron chi connectivity index (χ0n) is 12.6. The zero-order valence-corrected chi connectivity index (χ0v) is 13.4. The van der Waals surface area contributed by atoms with Crippen molar-refractivity contribution in [1.29, 1.82) is 5.41 Å². The quantitative estimate of drug-likeness (QED) is 0.514. The van der Waals surface area contributed by atoms with Crippen LogP contribution in [0.3, 0.4) is 0 Å². The van der Waals surface area contributed by atoms with E-state index in [0.29, 0.717) is 12.5 Å². The summed E-state index contributed by atoms with van der Waals surface area (Å²) in [6.45, 7) is 0.503. The van der Waals surface area contributed by atoms with Gasteiger partial charge < -0.3 is 11.1 Å². The average Bonchev–Trinajstić information content (AvgIpc) is 2.54. The van der Waals surface area contributed by atoms with E-state index in [1.165, 1.54) is 0 Å². The summed E-state index contributed by atoms with van der Waals surface area (Å²) in [6, 6.07) is 19.8. The second-order valence-corrected chi connectivity index (χ2v) is 4.58. The van der Waals surface area contributed by atoms with Gasteiger partial charge in [0, 0.05) is 6.20 Å². The van der Waals surface area contributed by atoms with Crippen LogP contribution in [-0.4, -0.2) is 11.9 Å². The Morgan fingerprint density at radius 3 is 2.26 bits per heavy atom. The molecule has 0 bridgehead atoms. The lowest BCUT2D eigenvalue weighted by molar-refractivity contribution is 1.00. The first-order valence-electron chi connectivity index (χ1n) is 6.91. The number of guanidine groups is 2. The first kappa shape index (κ1) is 18.3. The van der Waals surface area contributed by atoms with Crippen LogP contribution in [0, 0.1) is 5.41 Å². The summed E-state index contributed by atoms with van der Waals surface area (Å²) < 4.78 is 0. The van der Waals surface area contributed by atoms with Crippen LogP contribution in [0.1, 0.15) is 11.1 Å². The standard InChI is InChI=1S/C17H19N5.ClH/c18-16(19)22-17(21-13-15-9-5-2-6-10-15)20-12-11-14-7-3-1-4-8-14;/h1-12H,13H2,(H5,18,19,20,21,22);1H. The molecule has 0 aliphatic heterocycles. The fraction of sp³-hybridized carbons (Fsp3) is 0.0588. The molecule has 23 heavy (non-hydrogen) atoms. The third-order valence-electron chi connectivity index (χ3n) is 2.81. The van der Waals surface area contributed by atoms with E-state index in [9.17, 15) is 0 Å². The fourth-order valence-corrected chi connectivity index (χ4v) is 1.78. The Labute approximate surface area is 142 Å². The van der Waals surface area contributed by atoms with Gasteiger partial charge >= 0.3 is 0 Å². The SMILES string of the molecule is Cl.N=C(N)NC(=NCc1ccccc1)NC=Cc1ccccc1. The number of nitrogens with one attached hydrogen (secondary N) is 3. The second kappa shape index (κ2) is 10.0. The largest absolute Gasteiger partial charge is 0.370 e. The van der Waals surface area contributed by atoms with Gasteiger partial charge in [0.05, 0.1) is 6.54 Å². The lowest BCUT2D eigenvalue weighted by Gasteiger charge is -2.08. The van der Waals surface area contributed by atoms with Crippen LogP contribution in [0.2, 0.25) is 0 Å². The molecule has 2 rings (SSSR count). The van der Waals surface area contributed by atoms with Crippen molar-refractivity contribution in [3.05, 3.63) is 78.0 Å². The Balaban J connectivity index is 0.00000264. The molecule has 0 aromatic heterocycles. The van der Waals surface area contributed by atoms with Gasteiger partial charge in [0.2, 0.25) is 5.96 Å². The highest BCUT2D eigenvalue weighted by molar-refractivity contribution is 5.97. The molecule has 120 valence electrons. The Hall–Kier alpha value is -2.79. The van der Waals surface area contributed by atoms with Crippen molar-refractivity contribution in [2.45, 2.75) is 6.54 Å². The van der Waals surface area contributed by atoms with Crippen molar-refractivity contribution < 1.29 is 0 Å². The Kier molecular flexibility index (Phi) is 7.96. The molecule has 6 heteroatoms. The minimum atomic E-state index is -0.160. The molecule has 0 fully saturated rings. The summed E-state index contributed by atoms with van der Waals surface area (Å²) in [6.07, 6.45) is 3.68. The smallest absolute Gasteiger partial charge is 0.202 e. The van der Waals surface area contributed by atoms with E-state index >= 15 is 0 Å². The molecule has 0 heterocycles. The molecule has 5 N–H and O–H groups in total. The van der Waals surface area contributed by atoms with Crippen LogP contribution in [0.4, 0.5) is 0 Å². The maximum absolute atomic E-state index is 7.33. The second-order valence-electron chi connectivity index (χ2n) is 4.58. The van der Waals surface area contributed by atoms with Crippen molar-refractivity contribution in [1.82, 2.24) is 10.6 Å².